The van der Waals surface area contributed by atoms with Crippen molar-refractivity contribution in [2.45, 2.75) is 12.5 Å². The second kappa shape index (κ2) is 5.33. The van der Waals surface area contributed by atoms with E-state index in [-0.39, 0.29) is 22.2 Å². The van der Waals surface area contributed by atoms with Gasteiger partial charge in [0.25, 0.3) is 0 Å². The largest absolute Gasteiger partial charge is 0.504 e. The van der Waals surface area contributed by atoms with E-state index in [9.17, 15) is 14.3 Å². The molecule has 4 N–H and O–H groups in total. The molecule has 7 heteroatoms. The molecule has 0 amide bonds. The molecule has 0 spiro atoms. The first-order valence-electron chi connectivity index (χ1n) is 4.60. The Bertz CT molecular complexity index is 452. The molecule has 1 aromatic rings. The van der Waals surface area contributed by atoms with E-state index in [1.54, 1.807) is 0 Å². The molecular formula is C10H11BrFNO4. The van der Waals surface area contributed by atoms with E-state index in [4.69, 9.17) is 15.6 Å². The van der Waals surface area contributed by atoms with Gasteiger partial charge in [-0.2, -0.15) is 0 Å². The topological polar surface area (TPSA) is 92.8 Å². The van der Waals surface area contributed by atoms with Crippen LogP contribution in [0.25, 0.3) is 0 Å². The van der Waals surface area contributed by atoms with Crippen molar-refractivity contribution in [2.24, 2.45) is 5.73 Å². The zero-order chi connectivity index (χ0) is 13.2. The lowest BCUT2D eigenvalue weighted by Gasteiger charge is -2.13. The number of aliphatic carboxylic acids is 1. The highest BCUT2D eigenvalue weighted by Crippen LogP contribution is 2.37. The Balaban J connectivity index is 3.17. The van der Waals surface area contributed by atoms with Crippen LogP contribution >= 0.6 is 15.9 Å². The van der Waals surface area contributed by atoms with Crippen molar-refractivity contribution in [3.8, 4) is 11.5 Å². The molecule has 5 nitrogen and oxygen atoms in total. The molecule has 0 fully saturated rings. The normalized spacial score (nSPS) is 12.2. The zero-order valence-corrected chi connectivity index (χ0v) is 10.5. The van der Waals surface area contributed by atoms with Crippen molar-refractivity contribution in [3.63, 3.8) is 0 Å². The van der Waals surface area contributed by atoms with Gasteiger partial charge in [0.15, 0.2) is 17.3 Å². The van der Waals surface area contributed by atoms with Gasteiger partial charge in [-0.15, -0.1) is 0 Å². The molecule has 0 heterocycles. The Morgan fingerprint density at radius 3 is 2.76 bits per heavy atom. The molecule has 0 aliphatic carbocycles. The van der Waals surface area contributed by atoms with Gasteiger partial charge in [0.05, 0.1) is 11.6 Å². The van der Waals surface area contributed by atoms with E-state index < -0.39 is 23.6 Å². The Morgan fingerprint density at radius 2 is 2.29 bits per heavy atom. The van der Waals surface area contributed by atoms with Gasteiger partial charge in [-0.1, -0.05) is 0 Å². The van der Waals surface area contributed by atoms with Crippen LogP contribution in [0.4, 0.5) is 4.39 Å². The number of benzene rings is 1. The van der Waals surface area contributed by atoms with Gasteiger partial charge in [0.2, 0.25) is 0 Å². The van der Waals surface area contributed by atoms with Gasteiger partial charge >= 0.3 is 5.97 Å². The highest BCUT2D eigenvalue weighted by atomic mass is 79.9. The average molecular weight is 308 g/mol. The van der Waals surface area contributed by atoms with Crippen LogP contribution in [0.3, 0.4) is 0 Å². The van der Waals surface area contributed by atoms with Crippen LogP contribution in [-0.4, -0.2) is 29.3 Å². The van der Waals surface area contributed by atoms with Crippen molar-refractivity contribution in [2.75, 3.05) is 7.11 Å². The van der Waals surface area contributed by atoms with Crippen LogP contribution in [0.15, 0.2) is 10.5 Å². The predicted octanol–water partition coefficient (Wildman–Crippen LogP) is 1.26. The number of hydrogen-bond acceptors (Lipinski definition) is 4. The number of rotatable bonds is 4. The van der Waals surface area contributed by atoms with Crippen molar-refractivity contribution in [1.82, 2.24) is 0 Å². The summed E-state index contributed by atoms with van der Waals surface area (Å²) < 4.78 is 18.2. The summed E-state index contributed by atoms with van der Waals surface area (Å²) in [6, 6.07) is 0.0960. The summed E-state index contributed by atoms with van der Waals surface area (Å²) >= 11 is 2.94. The highest BCUT2D eigenvalue weighted by molar-refractivity contribution is 9.10. The number of aromatic hydroxyl groups is 1. The first-order valence-corrected chi connectivity index (χ1v) is 5.40. The standard InChI is InChI=1S/C10H11BrFNO4/c1-17-9-7(12)5(11)2-4(8(9)14)3-6(13)10(15)16/h2,6,14H,3,13H2,1H3,(H,15,16). The number of methoxy groups -OCH3 is 1. The van der Waals surface area contributed by atoms with E-state index in [0.29, 0.717) is 0 Å². The van der Waals surface area contributed by atoms with Gasteiger partial charge in [0.1, 0.15) is 6.04 Å². The van der Waals surface area contributed by atoms with Gasteiger partial charge in [-0.25, -0.2) is 4.39 Å². The Labute approximate surface area is 105 Å². The third kappa shape index (κ3) is 2.86. The molecule has 1 unspecified atom stereocenters. The van der Waals surface area contributed by atoms with E-state index in [1.165, 1.54) is 13.2 Å². The quantitative estimate of drug-likeness (QED) is 0.778. The van der Waals surface area contributed by atoms with Gasteiger partial charge in [-0.3, -0.25) is 4.79 Å². The van der Waals surface area contributed by atoms with Crippen LogP contribution in [0.1, 0.15) is 5.56 Å². The molecule has 0 saturated carbocycles. The third-order valence-corrected chi connectivity index (χ3v) is 2.77. The lowest BCUT2D eigenvalue weighted by Crippen LogP contribution is -2.32. The summed E-state index contributed by atoms with van der Waals surface area (Å²) in [6.07, 6.45) is -0.129. The third-order valence-electron chi connectivity index (χ3n) is 2.19. The summed E-state index contributed by atoms with van der Waals surface area (Å²) in [4.78, 5) is 10.6. The fraction of sp³-hybridized carbons (Fsp3) is 0.300. The minimum atomic E-state index is -1.20. The molecule has 0 radical (unpaired) electrons. The maximum atomic E-state index is 13.5. The molecule has 17 heavy (non-hydrogen) atoms. The summed E-state index contributed by atoms with van der Waals surface area (Å²) in [5, 5.41) is 18.4. The number of nitrogens with two attached hydrogens (primary N) is 1. The van der Waals surface area contributed by atoms with Crippen molar-refractivity contribution < 1.29 is 24.1 Å². The summed E-state index contributed by atoms with van der Waals surface area (Å²) in [6.45, 7) is 0. The number of ether oxygens (including phenoxy) is 1. The fourth-order valence-corrected chi connectivity index (χ4v) is 1.77. The Morgan fingerprint density at radius 1 is 1.71 bits per heavy atom. The molecule has 1 aromatic carbocycles. The van der Waals surface area contributed by atoms with Crippen LogP contribution in [0, 0.1) is 5.82 Å². The number of carboxylic acids is 1. The Kier molecular flexibility index (Phi) is 4.30. The maximum absolute atomic E-state index is 13.5. The molecule has 0 aliphatic heterocycles. The van der Waals surface area contributed by atoms with Crippen molar-refractivity contribution in [3.05, 3.63) is 21.9 Å². The van der Waals surface area contributed by atoms with Crippen molar-refractivity contribution >= 4 is 21.9 Å². The first kappa shape index (κ1) is 13.7. The lowest BCUT2D eigenvalue weighted by atomic mass is 10.0. The number of phenols is 1. The molecule has 94 valence electrons. The Hall–Kier alpha value is -1.34. The molecule has 0 saturated heterocycles. The number of halogens is 2. The van der Waals surface area contributed by atoms with Crippen LogP contribution < -0.4 is 10.5 Å². The minimum Gasteiger partial charge on any atom is -0.504 e. The summed E-state index contributed by atoms with van der Waals surface area (Å²) in [5.74, 6) is -2.74. The monoisotopic (exact) mass is 307 g/mol. The number of hydrogen-bond donors (Lipinski definition) is 3. The van der Waals surface area contributed by atoms with E-state index >= 15 is 0 Å². The molecule has 1 atom stereocenters. The van der Waals surface area contributed by atoms with E-state index in [0.717, 1.165) is 0 Å². The van der Waals surface area contributed by atoms with E-state index in [2.05, 4.69) is 15.9 Å². The highest BCUT2D eigenvalue weighted by Gasteiger charge is 2.21. The van der Waals surface area contributed by atoms with Crippen LogP contribution in [0.5, 0.6) is 11.5 Å². The second-order valence-corrected chi connectivity index (χ2v) is 4.22. The SMILES string of the molecule is COc1c(O)c(CC(N)C(=O)O)cc(Br)c1F. The molecule has 1 rings (SSSR count). The summed E-state index contributed by atoms with van der Waals surface area (Å²) in [5.41, 5.74) is 5.54. The van der Waals surface area contributed by atoms with Gasteiger partial charge < -0.3 is 20.7 Å². The number of phenolic OH excluding ortho intramolecular Hbond substituents is 1. The van der Waals surface area contributed by atoms with Crippen molar-refractivity contribution in [1.29, 1.82) is 0 Å². The lowest BCUT2D eigenvalue weighted by molar-refractivity contribution is -0.138. The molecule has 0 aliphatic rings. The first-order chi connectivity index (χ1) is 7.88. The molecule has 0 bridgehead atoms. The number of carbonyl (C=O) groups is 1. The second-order valence-electron chi connectivity index (χ2n) is 3.36. The van der Waals surface area contributed by atoms with E-state index in [1.807, 2.05) is 0 Å². The maximum Gasteiger partial charge on any atom is 0.320 e. The smallest absolute Gasteiger partial charge is 0.320 e. The summed E-state index contributed by atoms with van der Waals surface area (Å²) in [7, 11) is 1.20. The minimum absolute atomic E-state index is 0.0692. The molecule has 0 aromatic heterocycles. The average Bonchev–Trinajstić information content (AvgIpc) is 2.26. The van der Waals surface area contributed by atoms with Crippen LogP contribution in [0.2, 0.25) is 0 Å². The number of carboxylic acid groups (broad SMARTS) is 1. The van der Waals surface area contributed by atoms with Gasteiger partial charge in [0, 0.05) is 12.0 Å². The predicted molar refractivity (Wildman–Crippen MR) is 61.6 cm³/mol. The fourth-order valence-electron chi connectivity index (χ4n) is 1.31. The van der Waals surface area contributed by atoms with Gasteiger partial charge in [-0.05, 0) is 22.0 Å². The van der Waals surface area contributed by atoms with Crippen LogP contribution in [-0.2, 0) is 11.2 Å². The zero-order valence-electron chi connectivity index (χ0n) is 8.91. The molecular weight excluding hydrogens is 297 g/mol.